The lowest BCUT2D eigenvalue weighted by Crippen LogP contribution is -2.27. The van der Waals surface area contributed by atoms with Gasteiger partial charge in [0, 0.05) is 17.6 Å². The Morgan fingerprint density at radius 1 is 1.47 bits per heavy atom. The van der Waals surface area contributed by atoms with E-state index in [0.717, 1.165) is 17.1 Å². The van der Waals surface area contributed by atoms with Crippen LogP contribution in [0.15, 0.2) is 36.0 Å². The number of rotatable bonds is 5. The third kappa shape index (κ3) is 3.32. The van der Waals surface area contributed by atoms with Crippen LogP contribution in [0.3, 0.4) is 0 Å². The fraction of sp³-hybridized carbons (Fsp3) is 0.286. The monoisotopic (exact) mass is 275 g/mol. The van der Waals surface area contributed by atoms with Crippen molar-refractivity contribution < 1.29 is 4.79 Å². The van der Waals surface area contributed by atoms with E-state index >= 15 is 0 Å². The summed E-state index contributed by atoms with van der Waals surface area (Å²) in [4.78, 5) is 17.5. The number of carbonyl (C=O) groups excluding carboxylic acids is 1. The van der Waals surface area contributed by atoms with E-state index in [2.05, 4.69) is 15.6 Å². The molecule has 2 N–H and O–H groups in total. The van der Waals surface area contributed by atoms with Crippen LogP contribution in [0.5, 0.6) is 0 Å². The van der Waals surface area contributed by atoms with Gasteiger partial charge in [0.15, 0.2) is 0 Å². The number of anilines is 1. The van der Waals surface area contributed by atoms with Crippen molar-refractivity contribution in [3.8, 4) is 0 Å². The van der Waals surface area contributed by atoms with Crippen molar-refractivity contribution in [1.82, 2.24) is 10.3 Å². The summed E-state index contributed by atoms with van der Waals surface area (Å²) in [7, 11) is 0. The van der Waals surface area contributed by atoms with Crippen LogP contribution in [-0.2, 0) is 0 Å². The van der Waals surface area contributed by atoms with E-state index in [-0.39, 0.29) is 11.9 Å². The Morgan fingerprint density at radius 2 is 2.32 bits per heavy atom. The molecule has 0 aliphatic rings. The topological polar surface area (TPSA) is 54.0 Å². The van der Waals surface area contributed by atoms with Crippen LogP contribution in [0.25, 0.3) is 0 Å². The van der Waals surface area contributed by atoms with Gasteiger partial charge in [0.2, 0.25) is 0 Å². The molecule has 0 spiro atoms. The van der Waals surface area contributed by atoms with Crippen molar-refractivity contribution in [2.75, 3.05) is 11.9 Å². The maximum Gasteiger partial charge on any atom is 0.253 e. The number of aromatic nitrogens is 1. The molecule has 2 rings (SSSR count). The number of pyridine rings is 1. The second-order valence-electron chi connectivity index (χ2n) is 4.16. The number of hydrogen-bond acceptors (Lipinski definition) is 4. The first kappa shape index (κ1) is 13.5. The van der Waals surface area contributed by atoms with Crippen molar-refractivity contribution >= 4 is 22.9 Å². The molecule has 2 aromatic heterocycles. The molecule has 1 atom stereocenters. The summed E-state index contributed by atoms with van der Waals surface area (Å²) in [5, 5.41) is 8.15. The van der Waals surface area contributed by atoms with Crippen LogP contribution in [-0.4, -0.2) is 17.4 Å². The molecule has 5 heteroatoms. The smallest absolute Gasteiger partial charge is 0.253 e. The quantitative estimate of drug-likeness (QED) is 0.881. The van der Waals surface area contributed by atoms with Gasteiger partial charge in [0.05, 0.1) is 23.5 Å². The number of nitrogens with one attached hydrogen (secondary N) is 2. The Bertz CT molecular complexity index is 539. The lowest BCUT2D eigenvalue weighted by molar-refractivity contribution is 0.0941. The van der Waals surface area contributed by atoms with Gasteiger partial charge in [-0.1, -0.05) is 6.07 Å². The van der Waals surface area contributed by atoms with Gasteiger partial charge in [-0.15, -0.1) is 11.3 Å². The Labute approximate surface area is 116 Å². The summed E-state index contributed by atoms with van der Waals surface area (Å²) < 4.78 is 0. The molecule has 0 saturated carbocycles. The molecule has 0 aliphatic carbocycles. The van der Waals surface area contributed by atoms with E-state index in [4.69, 9.17) is 0 Å². The van der Waals surface area contributed by atoms with E-state index < -0.39 is 0 Å². The maximum atomic E-state index is 12.3. The van der Waals surface area contributed by atoms with Gasteiger partial charge in [-0.2, -0.15) is 0 Å². The van der Waals surface area contributed by atoms with Crippen molar-refractivity contribution in [2.24, 2.45) is 0 Å². The summed E-state index contributed by atoms with van der Waals surface area (Å²) >= 11 is 1.64. The van der Waals surface area contributed by atoms with Crippen LogP contribution in [0.1, 0.15) is 35.1 Å². The molecule has 1 amide bonds. The lowest BCUT2D eigenvalue weighted by atomic mass is 10.2. The molecular formula is C14H17N3OS. The van der Waals surface area contributed by atoms with Gasteiger partial charge in [-0.3, -0.25) is 9.78 Å². The number of nitrogens with zero attached hydrogens (tertiary/aromatic N) is 1. The summed E-state index contributed by atoms with van der Waals surface area (Å²) in [5.41, 5.74) is 1.39. The number of thiophene rings is 1. The molecule has 1 unspecified atom stereocenters. The highest BCUT2D eigenvalue weighted by molar-refractivity contribution is 7.10. The van der Waals surface area contributed by atoms with E-state index in [1.807, 2.05) is 31.4 Å². The highest BCUT2D eigenvalue weighted by Gasteiger charge is 2.15. The molecule has 2 aromatic rings. The van der Waals surface area contributed by atoms with Crippen LogP contribution < -0.4 is 10.6 Å². The fourth-order valence-electron chi connectivity index (χ4n) is 1.81. The molecule has 0 fully saturated rings. The Hall–Kier alpha value is -1.88. The average Bonchev–Trinajstić information content (AvgIpc) is 2.93. The summed E-state index contributed by atoms with van der Waals surface area (Å²) in [6.07, 6.45) is 3.31. The molecule has 19 heavy (non-hydrogen) atoms. The predicted octanol–water partition coefficient (Wildman–Crippen LogP) is 3.07. The van der Waals surface area contributed by atoms with E-state index in [9.17, 15) is 4.79 Å². The normalized spacial score (nSPS) is 11.9. The fourth-order valence-corrected chi connectivity index (χ4v) is 2.54. The highest BCUT2D eigenvalue weighted by atomic mass is 32.1. The first-order valence-corrected chi connectivity index (χ1v) is 7.12. The first-order chi connectivity index (χ1) is 9.22. The standard InChI is InChI=1S/C14H17N3OS/c1-3-16-12-9-15-7-6-11(12)14(18)17-10(2)13-5-4-8-19-13/h4-10,16H,3H2,1-2H3,(H,17,18). The van der Waals surface area contributed by atoms with Crippen LogP contribution in [0.2, 0.25) is 0 Å². The predicted molar refractivity (Wildman–Crippen MR) is 78.6 cm³/mol. The van der Waals surface area contributed by atoms with Crippen LogP contribution >= 0.6 is 11.3 Å². The van der Waals surface area contributed by atoms with Crippen LogP contribution in [0, 0.1) is 0 Å². The zero-order valence-corrected chi connectivity index (χ0v) is 11.8. The van der Waals surface area contributed by atoms with Gasteiger partial charge < -0.3 is 10.6 Å². The molecule has 0 aromatic carbocycles. The molecule has 2 heterocycles. The molecule has 100 valence electrons. The first-order valence-electron chi connectivity index (χ1n) is 6.24. The Morgan fingerprint density at radius 3 is 3.00 bits per heavy atom. The molecule has 0 aliphatic heterocycles. The van der Waals surface area contributed by atoms with E-state index in [1.54, 1.807) is 29.8 Å². The van der Waals surface area contributed by atoms with Gasteiger partial charge in [-0.25, -0.2) is 0 Å². The van der Waals surface area contributed by atoms with Gasteiger partial charge >= 0.3 is 0 Å². The lowest BCUT2D eigenvalue weighted by Gasteiger charge is -2.14. The minimum atomic E-state index is -0.0840. The SMILES string of the molecule is CCNc1cnccc1C(=O)NC(C)c1cccs1. The zero-order chi connectivity index (χ0) is 13.7. The zero-order valence-electron chi connectivity index (χ0n) is 11.0. The minimum Gasteiger partial charge on any atom is -0.383 e. The second kappa shape index (κ2) is 6.33. The largest absolute Gasteiger partial charge is 0.383 e. The van der Waals surface area contributed by atoms with E-state index in [0.29, 0.717) is 5.56 Å². The number of amides is 1. The number of carbonyl (C=O) groups is 1. The third-order valence-corrected chi connectivity index (χ3v) is 3.81. The van der Waals surface area contributed by atoms with Crippen molar-refractivity contribution in [2.45, 2.75) is 19.9 Å². The second-order valence-corrected chi connectivity index (χ2v) is 5.14. The molecule has 0 saturated heterocycles. The Kier molecular flexibility index (Phi) is 4.52. The molecule has 0 bridgehead atoms. The van der Waals surface area contributed by atoms with Crippen LogP contribution in [0.4, 0.5) is 5.69 Å². The minimum absolute atomic E-state index is 0.00939. The highest BCUT2D eigenvalue weighted by Crippen LogP contribution is 2.20. The third-order valence-electron chi connectivity index (χ3n) is 2.75. The van der Waals surface area contributed by atoms with Crippen molar-refractivity contribution in [3.05, 3.63) is 46.4 Å². The van der Waals surface area contributed by atoms with Crippen molar-refractivity contribution in [3.63, 3.8) is 0 Å². The van der Waals surface area contributed by atoms with E-state index in [1.165, 1.54) is 0 Å². The van der Waals surface area contributed by atoms with Gasteiger partial charge in [0.25, 0.3) is 5.91 Å². The van der Waals surface area contributed by atoms with Gasteiger partial charge in [-0.05, 0) is 31.4 Å². The van der Waals surface area contributed by atoms with Crippen molar-refractivity contribution in [1.29, 1.82) is 0 Å². The molecule has 4 nitrogen and oxygen atoms in total. The number of hydrogen-bond donors (Lipinski definition) is 2. The van der Waals surface area contributed by atoms with Gasteiger partial charge in [0.1, 0.15) is 0 Å². The summed E-state index contributed by atoms with van der Waals surface area (Å²) in [6.45, 7) is 4.73. The summed E-state index contributed by atoms with van der Waals surface area (Å²) in [6, 6.07) is 5.75. The average molecular weight is 275 g/mol. The summed E-state index contributed by atoms with van der Waals surface area (Å²) in [5.74, 6) is -0.0840. The maximum absolute atomic E-state index is 12.3. The molecule has 0 radical (unpaired) electrons. The molecular weight excluding hydrogens is 258 g/mol. The Balaban J connectivity index is 2.11.